The molecule has 0 saturated carbocycles. The van der Waals surface area contributed by atoms with Gasteiger partial charge in [0.2, 0.25) is 5.88 Å². The van der Waals surface area contributed by atoms with E-state index in [0.717, 1.165) is 18.5 Å². The topological polar surface area (TPSA) is 77.9 Å². The molecule has 7 heteroatoms. The summed E-state index contributed by atoms with van der Waals surface area (Å²) in [6, 6.07) is 9.71. The summed E-state index contributed by atoms with van der Waals surface area (Å²) >= 11 is 5.82. The van der Waals surface area contributed by atoms with E-state index in [2.05, 4.69) is 19.9 Å². The summed E-state index contributed by atoms with van der Waals surface area (Å²) in [6.45, 7) is 3.46. The molecule has 2 heterocycles. The van der Waals surface area contributed by atoms with E-state index in [1.54, 1.807) is 19.3 Å². The summed E-state index contributed by atoms with van der Waals surface area (Å²) < 4.78 is 5.91. The van der Waals surface area contributed by atoms with Crippen LogP contribution in [0.15, 0.2) is 42.7 Å². The summed E-state index contributed by atoms with van der Waals surface area (Å²) in [5.74, 6) is 2.81. The highest BCUT2D eigenvalue weighted by atomic mass is 35.5. The van der Waals surface area contributed by atoms with Gasteiger partial charge in [-0.15, -0.1) is 0 Å². The van der Waals surface area contributed by atoms with Crippen LogP contribution in [0.4, 0.5) is 0 Å². The average molecular weight is 411 g/mol. The molecule has 0 aliphatic rings. The normalized spacial score (nSPS) is 10.7. The molecule has 150 valence electrons. The number of Topliss-reactive ketones (excluding diaryl/α,β-unsaturated/α-hetero) is 1. The molecule has 0 N–H and O–H groups in total. The van der Waals surface area contributed by atoms with Crippen LogP contribution in [0.25, 0.3) is 0 Å². The van der Waals surface area contributed by atoms with Gasteiger partial charge in [-0.25, -0.2) is 15.0 Å². The molecule has 3 rings (SSSR count). The minimum absolute atomic E-state index is 0.225. The van der Waals surface area contributed by atoms with E-state index in [9.17, 15) is 4.79 Å². The molecule has 0 spiro atoms. The molecule has 29 heavy (non-hydrogen) atoms. The molecular weight excluding hydrogens is 388 g/mol. The fraction of sp³-hybridized carbons (Fsp3) is 0.318. The quantitative estimate of drug-likeness (QED) is 0.508. The third-order valence-corrected chi connectivity index (χ3v) is 4.48. The van der Waals surface area contributed by atoms with Crippen molar-refractivity contribution in [2.75, 3.05) is 0 Å². The van der Waals surface area contributed by atoms with E-state index in [0.29, 0.717) is 47.6 Å². The van der Waals surface area contributed by atoms with Gasteiger partial charge in [0.05, 0.1) is 5.02 Å². The van der Waals surface area contributed by atoms with Crippen LogP contribution in [0.1, 0.15) is 42.7 Å². The number of carbonyl (C=O) groups is 1. The molecule has 0 aliphatic carbocycles. The Morgan fingerprint density at radius 3 is 2.45 bits per heavy atom. The van der Waals surface area contributed by atoms with E-state index >= 15 is 0 Å². The van der Waals surface area contributed by atoms with E-state index in [-0.39, 0.29) is 5.78 Å². The van der Waals surface area contributed by atoms with E-state index in [1.165, 1.54) is 5.56 Å². The van der Waals surface area contributed by atoms with Gasteiger partial charge in [-0.1, -0.05) is 23.7 Å². The smallest absolute Gasteiger partial charge is 0.222 e. The van der Waals surface area contributed by atoms with Gasteiger partial charge in [0.25, 0.3) is 0 Å². The monoisotopic (exact) mass is 410 g/mol. The third-order valence-electron chi connectivity index (χ3n) is 4.29. The molecule has 6 nitrogen and oxygen atoms in total. The van der Waals surface area contributed by atoms with Crippen molar-refractivity contribution >= 4 is 17.4 Å². The molecule has 0 radical (unpaired) electrons. The maximum absolute atomic E-state index is 11.0. The molecular formula is C22H23ClN4O2. The minimum atomic E-state index is 0.225. The van der Waals surface area contributed by atoms with Gasteiger partial charge in [0, 0.05) is 37.0 Å². The Balaban J connectivity index is 1.60. The molecule has 0 fully saturated rings. The fourth-order valence-electron chi connectivity index (χ4n) is 2.87. The van der Waals surface area contributed by atoms with Gasteiger partial charge in [0.1, 0.15) is 23.2 Å². The molecule has 0 unspecified atom stereocenters. The maximum atomic E-state index is 11.0. The number of hydrogen-bond acceptors (Lipinski definition) is 6. The highest BCUT2D eigenvalue weighted by Gasteiger charge is 2.07. The third kappa shape index (κ3) is 6.91. The lowest BCUT2D eigenvalue weighted by atomic mass is 10.1. The first kappa shape index (κ1) is 20.9. The van der Waals surface area contributed by atoms with Gasteiger partial charge in [0.15, 0.2) is 0 Å². The minimum Gasteiger partial charge on any atom is -0.439 e. The molecule has 1 aromatic carbocycles. The van der Waals surface area contributed by atoms with Crippen LogP contribution < -0.4 is 4.74 Å². The van der Waals surface area contributed by atoms with Crippen LogP contribution in [0.3, 0.4) is 0 Å². The number of hydrogen-bond donors (Lipinski definition) is 0. The molecule has 2 aromatic heterocycles. The first-order valence-electron chi connectivity index (χ1n) is 9.55. The Hall–Kier alpha value is -2.86. The molecule has 0 atom stereocenters. The zero-order valence-electron chi connectivity index (χ0n) is 16.6. The Morgan fingerprint density at radius 1 is 1.03 bits per heavy atom. The highest BCUT2D eigenvalue weighted by molar-refractivity contribution is 6.30. The van der Waals surface area contributed by atoms with Crippen molar-refractivity contribution in [3.63, 3.8) is 0 Å². The summed E-state index contributed by atoms with van der Waals surface area (Å²) in [4.78, 5) is 28.3. The number of rotatable bonds is 9. The lowest BCUT2D eigenvalue weighted by Gasteiger charge is -2.09. The van der Waals surface area contributed by atoms with E-state index in [4.69, 9.17) is 16.3 Å². The van der Waals surface area contributed by atoms with Gasteiger partial charge >= 0.3 is 0 Å². The molecule has 0 saturated heterocycles. The van der Waals surface area contributed by atoms with Crippen LogP contribution in [0.5, 0.6) is 11.6 Å². The second-order valence-corrected chi connectivity index (χ2v) is 7.30. The second kappa shape index (κ2) is 10.1. The number of benzene rings is 1. The Bertz CT molecular complexity index is 960. The van der Waals surface area contributed by atoms with Crippen LogP contribution in [-0.4, -0.2) is 25.7 Å². The van der Waals surface area contributed by atoms with Gasteiger partial charge < -0.3 is 9.53 Å². The van der Waals surface area contributed by atoms with Crippen molar-refractivity contribution in [3.05, 3.63) is 70.7 Å². The predicted molar refractivity (Wildman–Crippen MR) is 111 cm³/mol. The van der Waals surface area contributed by atoms with Crippen molar-refractivity contribution in [1.29, 1.82) is 0 Å². The van der Waals surface area contributed by atoms with Crippen LogP contribution in [0.2, 0.25) is 5.02 Å². The number of ketones is 1. The maximum Gasteiger partial charge on any atom is 0.222 e. The van der Waals surface area contributed by atoms with Crippen molar-refractivity contribution in [3.8, 4) is 11.6 Å². The van der Waals surface area contributed by atoms with Crippen molar-refractivity contribution in [2.24, 2.45) is 0 Å². The average Bonchev–Trinajstić information content (AvgIpc) is 2.68. The van der Waals surface area contributed by atoms with Crippen molar-refractivity contribution in [2.45, 2.75) is 46.0 Å². The zero-order valence-corrected chi connectivity index (χ0v) is 17.3. The summed E-state index contributed by atoms with van der Waals surface area (Å²) in [6.07, 6.45) is 6.87. The van der Waals surface area contributed by atoms with Gasteiger partial charge in [-0.3, -0.25) is 0 Å². The van der Waals surface area contributed by atoms with Gasteiger partial charge in [-0.05, 0) is 50.8 Å². The number of halogens is 1. The van der Waals surface area contributed by atoms with Crippen molar-refractivity contribution < 1.29 is 9.53 Å². The Morgan fingerprint density at radius 2 is 1.76 bits per heavy atom. The van der Waals surface area contributed by atoms with Crippen molar-refractivity contribution in [1.82, 2.24) is 19.9 Å². The number of aryl methyl sites for hydroxylation is 4. The fourth-order valence-corrected chi connectivity index (χ4v) is 2.97. The number of ether oxygens (including phenoxy) is 1. The van der Waals surface area contributed by atoms with E-state index < -0.39 is 0 Å². The molecule has 0 aliphatic heterocycles. The standard InChI is InChI=1S/C22H23ClN4O2/c1-15(28)4-3-5-17-6-9-20(10-7-17)29-22-12-19(26-16(2)27-22)8-11-21-24-13-18(23)14-25-21/h6-7,9-10,12-14H,3-5,8,11H2,1-2H3. The molecule has 0 amide bonds. The lowest BCUT2D eigenvalue weighted by molar-refractivity contribution is -0.117. The van der Waals surface area contributed by atoms with E-state index in [1.807, 2.05) is 37.3 Å². The summed E-state index contributed by atoms with van der Waals surface area (Å²) in [5.41, 5.74) is 2.05. The lowest BCUT2D eigenvalue weighted by Crippen LogP contribution is -2.02. The summed E-state index contributed by atoms with van der Waals surface area (Å²) in [7, 11) is 0. The largest absolute Gasteiger partial charge is 0.439 e. The Labute approximate surface area is 175 Å². The first-order valence-corrected chi connectivity index (χ1v) is 9.93. The number of carbonyl (C=O) groups excluding carboxylic acids is 1. The van der Waals surface area contributed by atoms with Crippen LogP contribution >= 0.6 is 11.6 Å². The highest BCUT2D eigenvalue weighted by Crippen LogP contribution is 2.21. The first-order chi connectivity index (χ1) is 14.0. The SMILES string of the molecule is CC(=O)CCCc1ccc(Oc2cc(CCc3ncc(Cl)cn3)nc(C)n2)cc1. The molecule has 3 aromatic rings. The zero-order chi connectivity index (χ0) is 20.6. The van der Waals surface area contributed by atoms with Gasteiger partial charge in [-0.2, -0.15) is 4.98 Å². The van der Waals surface area contributed by atoms with Crippen LogP contribution in [-0.2, 0) is 24.1 Å². The second-order valence-electron chi connectivity index (χ2n) is 6.86. The number of nitrogens with zero attached hydrogens (tertiary/aromatic N) is 4. The summed E-state index contributed by atoms with van der Waals surface area (Å²) in [5, 5.41) is 0.521. The van der Waals surface area contributed by atoms with Crippen LogP contribution in [0, 0.1) is 6.92 Å². The number of aromatic nitrogens is 4. The Kier molecular flexibility index (Phi) is 7.25. The molecule has 0 bridgehead atoms. The predicted octanol–water partition coefficient (Wildman–Crippen LogP) is 4.72.